The molecule has 1 aromatic heterocycles. The summed E-state index contributed by atoms with van der Waals surface area (Å²) < 4.78 is 10.9. The monoisotopic (exact) mass is 272 g/mol. The van der Waals surface area contributed by atoms with Crippen molar-refractivity contribution in [3.05, 3.63) is 53.9 Å². The lowest BCUT2D eigenvalue weighted by Crippen LogP contribution is -2.13. The molecule has 1 aromatic carbocycles. The summed E-state index contributed by atoms with van der Waals surface area (Å²) in [5.74, 6) is 1.50. The zero-order valence-corrected chi connectivity index (χ0v) is 11.9. The Kier molecular flexibility index (Phi) is 4.96. The molecule has 4 nitrogen and oxygen atoms in total. The molecule has 0 aliphatic rings. The molecule has 106 valence electrons. The molecule has 0 bridgehead atoms. The molecule has 2 rings (SSSR count). The Bertz CT molecular complexity index is 543. The summed E-state index contributed by atoms with van der Waals surface area (Å²) in [4.78, 5) is 4.00. The van der Waals surface area contributed by atoms with Gasteiger partial charge in [0.2, 0.25) is 0 Å². The summed E-state index contributed by atoms with van der Waals surface area (Å²) in [5.41, 5.74) is 8.42. The smallest absolute Gasteiger partial charge is 0.161 e. The van der Waals surface area contributed by atoms with E-state index >= 15 is 0 Å². The Morgan fingerprint density at radius 2 is 1.90 bits per heavy atom. The fourth-order valence-electron chi connectivity index (χ4n) is 2.10. The molecule has 0 saturated carbocycles. The quantitative estimate of drug-likeness (QED) is 0.878. The molecule has 0 saturated heterocycles. The fraction of sp³-hybridized carbons (Fsp3) is 0.312. The van der Waals surface area contributed by atoms with Crippen molar-refractivity contribution in [2.45, 2.75) is 19.4 Å². The summed E-state index contributed by atoms with van der Waals surface area (Å²) in [6.45, 7) is 2.56. The van der Waals surface area contributed by atoms with Crippen LogP contribution < -0.4 is 15.2 Å². The zero-order valence-electron chi connectivity index (χ0n) is 11.9. The largest absolute Gasteiger partial charge is 0.493 e. The standard InChI is InChI=1S/C16H20N2O2/c1-3-20-16-11-12(4-5-15(16)19-2)10-14(17)13-6-8-18-9-7-13/h4-9,11,14H,3,10,17H2,1-2H3. The van der Waals surface area contributed by atoms with Crippen molar-refractivity contribution in [1.29, 1.82) is 0 Å². The van der Waals surface area contributed by atoms with Crippen LogP contribution in [0.15, 0.2) is 42.7 Å². The van der Waals surface area contributed by atoms with Gasteiger partial charge in [-0.2, -0.15) is 0 Å². The molecule has 20 heavy (non-hydrogen) atoms. The minimum absolute atomic E-state index is 0.0547. The summed E-state index contributed by atoms with van der Waals surface area (Å²) in [7, 11) is 1.64. The first-order valence-corrected chi connectivity index (χ1v) is 6.69. The lowest BCUT2D eigenvalue weighted by atomic mass is 10.0. The number of nitrogens with zero attached hydrogens (tertiary/aromatic N) is 1. The second-order valence-electron chi connectivity index (χ2n) is 4.51. The van der Waals surface area contributed by atoms with Gasteiger partial charge in [0.1, 0.15) is 0 Å². The Hall–Kier alpha value is -2.07. The van der Waals surface area contributed by atoms with Crippen LogP contribution in [0.5, 0.6) is 11.5 Å². The fourth-order valence-corrected chi connectivity index (χ4v) is 2.10. The van der Waals surface area contributed by atoms with Crippen LogP contribution in [0.1, 0.15) is 24.1 Å². The second-order valence-corrected chi connectivity index (χ2v) is 4.51. The average molecular weight is 272 g/mol. The minimum atomic E-state index is -0.0547. The van der Waals surface area contributed by atoms with Crippen molar-refractivity contribution in [2.24, 2.45) is 5.73 Å². The van der Waals surface area contributed by atoms with Gasteiger partial charge in [-0.15, -0.1) is 0 Å². The molecule has 1 unspecified atom stereocenters. The summed E-state index contributed by atoms with van der Waals surface area (Å²) in [6, 6.07) is 9.75. The van der Waals surface area contributed by atoms with Crippen LogP contribution >= 0.6 is 0 Å². The normalized spacial score (nSPS) is 11.9. The first-order chi connectivity index (χ1) is 9.74. The Morgan fingerprint density at radius 1 is 1.15 bits per heavy atom. The Balaban J connectivity index is 2.15. The Labute approximate surface area is 119 Å². The number of nitrogens with two attached hydrogens (primary N) is 1. The van der Waals surface area contributed by atoms with Gasteiger partial charge in [0.05, 0.1) is 13.7 Å². The predicted molar refractivity (Wildman–Crippen MR) is 79.0 cm³/mol. The summed E-state index contributed by atoms with van der Waals surface area (Å²) >= 11 is 0. The third-order valence-corrected chi connectivity index (χ3v) is 3.12. The first kappa shape index (κ1) is 14.3. The van der Waals surface area contributed by atoms with Crippen molar-refractivity contribution in [3.63, 3.8) is 0 Å². The maximum atomic E-state index is 6.22. The van der Waals surface area contributed by atoms with Crippen molar-refractivity contribution in [1.82, 2.24) is 4.98 Å². The predicted octanol–water partition coefficient (Wildman–Crippen LogP) is 2.73. The van der Waals surface area contributed by atoms with E-state index in [0.717, 1.165) is 29.0 Å². The van der Waals surface area contributed by atoms with E-state index in [1.165, 1.54) is 0 Å². The topological polar surface area (TPSA) is 57.4 Å². The molecule has 2 aromatic rings. The molecule has 1 heterocycles. The molecule has 2 N–H and O–H groups in total. The van der Waals surface area contributed by atoms with Gasteiger partial charge < -0.3 is 15.2 Å². The van der Waals surface area contributed by atoms with Crippen LogP contribution in [0.4, 0.5) is 0 Å². The number of hydrogen-bond donors (Lipinski definition) is 1. The molecule has 0 radical (unpaired) electrons. The van der Waals surface area contributed by atoms with E-state index in [1.54, 1.807) is 19.5 Å². The highest BCUT2D eigenvalue weighted by Crippen LogP contribution is 2.29. The van der Waals surface area contributed by atoms with Gasteiger partial charge in [0.25, 0.3) is 0 Å². The number of ether oxygens (including phenoxy) is 2. The molecule has 0 spiro atoms. The molecular weight excluding hydrogens is 252 g/mol. The van der Waals surface area contributed by atoms with Gasteiger partial charge in [0.15, 0.2) is 11.5 Å². The van der Waals surface area contributed by atoms with Crippen molar-refractivity contribution in [3.8, 4) is 11.5 Å². The van der Waals surface area contributed by atoms with Crippen LogP contribution in [0.25, 0.3) is 0 Å². The van der Waals surface area contributed by atoms with Crippen LogP contribution in [0.3, 0.4) is 0 Å². The van der Waals surface area contributed by atoms with E-state index in [1.807, 2.05) is 37.3 Å². The second kappa shape index (κ2) is 6.91. The first-order valence-electron chi connectivity index (χ1n) is 6.69. The lowest BCUT2D eigenvalue weighted by Gasteiger charge is -2.14. The highest BCUT2D eigenvalue weighted by atomic mass is 16.5. The van der Waals surface area contributed by atoms with Gasteiger partial charge in [0, 0.05) is 18.4 Å². The minimum Gasteiger partial charge on any atom is -0.493 e. The molecule has 0 amide bonds. The lowest BCUT2D eigenvalue weighted by molar-refractivity contribution is 0.310. The van der Waals surface area contributed by atoms with Crippen LogP contribution in [-0.4, -0.2) is 18.7 Å². The number of benzene rings is 1. The summed E-state index contributed by atoms with van der Waals surface area (Å²) in [6.07, 6.45) is 4.26. The average Bonchev–Trinajstić information content (AvgIpc) is 2.49. The maximum absolute atomic E-state index is 6.22. The van der Waals surface area contributed by atoms with Gasteiger partial charge in [-0.3, -0.25) is 4.98 Å². The van der Waals surface area contributed by atoms with E-state index in [-0.39, 0.29) is 6.04 Å². The molecular formula is C16H20N2O2. The summed E-state index contributed by atoms with van der Waals surface area (Å²) in [5, 5.41) is 0. The third kappa shape index (κ3) is 3.48. The van der Waals surface area contributed by atoms with Gasteiger partial charge in [-0.25, -0.2) is 0 Å². The number of pyridine rings is 1. The molecule has 0 aliphatic carbocycles. The highest BCUT2D eigenvalue weighted by Gasteiger charge is 2.10. The number of rotatable bonds is 6. The van der Waals surface area contributed by atoms with E-state index < -0.39 is 0 Å². The van der Waals surface area contributed by atoms with E-state index in [4.69, 9.17) is 15.2 Å². The van der Waals surface area contributed by atoms with Gasteiger partial charge >= 0.3 is 0 Å². The van der Waals surface area contributed by atoms with E-state index in [0.29, 0.717) is 6.61 Å². The highest BCUT2D eigenvalue weighted by molar-refractivity contribution is 5.43. The maximum Gasteiger partial charge on any atom is 0.161 e. The van der Waals surface area contributed by atoms with E-state index in [2.05, 4.69) is 4.98 Å². The van der Waals surface area contributed by atoms with Gasteiger partial charge in [-0.05, 0) is 48.7 Å². The Morgan fingerprint density at radius 3 is 2.55 bits per heavy atom. The zero-order chi connectivity index (χ0) is 14.4. The van der Waals surface area contributed by atoms with Crippen LogP contribution in [0.2, 0.25) is 0 Å². The number of methoxy groups -OCH3 is 1. The van der Waals surface area contributed by atoms with Crippen LogP contribution in [-0.2, 0) is 6.42 Å². The van der Waals surface area contributed by atoms with Crippen molar-refractivity contribution < 1.29 is 9.47 Å². The van der Waals surface area contributed by atoms with Crippen LogP contribution in [0, 0.1) is 0 Å². The number of aromatic nitrogens is 1. The van der Waals surface area contributed by atoms with Crippen molar-refractivity contribution >= 4 is 0 Å². The van der Waals surface area contributed by atoms with Gasteiger partial charge in [-0.1, -0.05) is 6.07 Å². The van der Waals surface area contributed by atoms with E-state index in [9.17, 15) is 0 Å². The molecule has 0 fully saturated rings. The molecule has 4 heteroatoms. The van der Waals surface area contributed by atoms with Crippen molar-refractivity contribution in [2.75, 3.05) is 13.7 Å². The molecule has 1 atom stereocenters. The SMILES string of the molecule is CCOc1cc(CC(N)c2ccncc2)ccc1OC. The number of hydrogen-bond acceptors (Lipinski definition) is 4. The third-order valence-electron chi connectivity index (χ3n) is 3.12. The molecule has 0 aliphatic heterocycles.